The molecule has 1 amide bonds. The number of benzene rings is 2. The minimum absolute atomic E-state index is 0.00463. The summed E-state index contributed by atoms with van der Waals surface area (Å²) in [6, 6.07) is 10.1. The van der Waals surface area contributed by atoms with Crippen molar-refractivity contribution >= 4 is 29.3 Å². The Morgan fingerprint density at radius 3 is 2.53 bits per heavy atom. The van der Waals surface area contributed by atoms with Crippen LogP contribution in [-0.4, -0.2) is 50.8 Å². The molecular weight excluding hydrogens is 465 g/mol. The number of aliphatic carboxylic acids is 1. The molecule has 0 saturated heterocycles. The molecule has 0 unspecified atom stereocenters. The van der Waals surface area contributed by atoms with Crippen molar-refractivity contribution in [3.05, 3.63) is 70.8 Å². The molecule has 1 heterocycles. The Bertz CT molecular complexity index is 1150. The van der Waals surface area contributed by atoms with E-state index in [1.165, 1.54) is 24.4 Å². The average molecular weight is 488 g/mol. The third-order valence-corrected chi connectivity index (χ3v) is 5.52. The Labute approximate surface area is 199 Å². The van der Waals surface area contributed by atoms with Crippen LogP contribution in [0.5, 0.6) is 0 Å². The van der Waals surface area contributed by atoms with Gasteiger partial charge in [0, 0.05) is 17.0 Å². The lowest BCUT2D eigenvalue weighted by atomic mass is 9.87. The first-order valence-corrected chi connectivity index (χ1v) is 10.8. The zero-order valence-electron chi connectivity index (χ0n) is 18.0. The second-order valence-corrected chi connectivity index (χ2v) is 8.21. The van der Waals surface area contributed by atoms with Crippen molar-refractivity contribution in [2.24, 2.45) is 11.7 Å². The summed E-state index contributed by atoms with van der Waals surface area (Å²) in [7, 11) is 0. The molecule has 1 aromatic heterocycles. The molecule has 2 aromatic carbocycles. The number of carbonyl (C=O) groups is 3. The Balaban J connectivity index is 1.80. The van der Waals surface area contributed by atoms with Gasteiger partial charge >= 0.3 is 5.97 Å². The van der Waals surface area contributed by atoms with Gasteiger partial charge in [0.25, 0.3) is 0 Å². The van der Waals surface area contributed by atoms with Gasteiger partial charge in [-0.05, 0) is 48.1 Å². The lowest BCUT2D eigenvalue weighted by Gasteiger charge is -2.21. The van der Waals surface area contributed by atoms with Crippen LogP contribution in [0.3, 0.4) is 0 Å². The number of halogens is 2. The lowest BCUT2D eigenvalue weighted by molar-refractivity contribution is -0.142. The standard InChI is InChI=1S/C23H23ClFN5O4/c24-16-5-6-18(25)17(10-16)15-3-1-13(2-4-15)7-14(9-21(31)20-12-27-30-29-20)8-19(23(33)34)28-22(32)11-26/h1-6,10,12,14,19H,7-9,11,26H2,(H,28,32)(H,33,34)(H,27,29,30)/t14-,19-/m1/s1. The van der Waals surface area contributed by atoms with Gasteiger partial charge in [0.2, 0.25) is 5.91 Å². The van der Waals surface area contributed by atoms with Gasteiger partial charge in [-0.2, -0.15) is 15.4 Å². The van der Waals surface area contributed by atoms with Gasteiger partial charge in [-0.15, -0.1) is 0 Å². The van der Waals surface area contributed by atoms with E-state index in [4.69, 9.17) is 17.3 Å². The predicted octanol–water partition coefficient (Wildman–Crippen LogP) is 2.61. The van der Waals surface area contributed by atoms with Gasteiger partial charge < -0.3 is 16.2 Å². The summed E-state index contributed by atoms with van der Waals surface area (Å²) in [6.45, 7) is -0.353. The van der Waals surface area contributed by atoms with Crippen LogP contribution >= 0.6 is 11.6 Å². The van der Waals surface area contributed by atoms with Crippen LogP contribution in [0.2, 0.25) is 5.02 Å². The molecule has 0 aliphatic heterocycles. The summed E-state index contributed by atoms with van der Waals surface area (Å²) in [4.78, 5) is 36.0. The van der Waals surface area contributed by atoms with Crippen LogP contribution in [0.1, 0.15) is 28.9 Å². The molecule has 0 saturated carbocycles. The van der Waals surface area contributed by atoms with E-state index in [9.17, 15) is 23.9 Å². The summed E-state index contributed by atoms with van der Waals surface area (Å²) in [5.74, 6) is -3.01. The molecule has 2 atom stereocenters. The number of ketones is 1. The normalized spacial score (nSPS) is 12.7. The highest BCUT2D eigenvalue weighted by Crippen LogP contribution is 2.27. The molecule has 0 bridgehead atoms. The molecule has 178 valence electrons. The molecule has 9 nitrogen and oxygen atoms in total. The molecule has 0 aliphatic carbocycles. The summed E-state index contributed by atoms with van der Waals surface area (Å²) < 4.78 is 14.2. The van der Waals surface area contributed by atoms with Crippen molar-refractivity contribution in [2.45, 2.75) is 25.3 Å². The number of nitrogens with two attached hydrogens (primary N) is 1. The third-order valence-electron chi connectivity index (χ3n) is 5.28. The number of carbonyl (C=O) groups excluding carboxylic acids is 2. The van der Waals surface area contributed by atoms with Crippen LogP contribution in [0.25, 0.3) is 11.1 Å². The fourth-order valence-electron chi connectivity index (χ4n) is 3.62. The van der Waals surface area contributed by atoms with E-state index in [-0.39, 0.29) is 30.9 Å². The highest BCUT2D eigenvalue weighted by atomic mass is 35.5. The summed E-state index contributed by atoms with van der Waals surface area (Å²) >= 11 is 5.98. The Morgan fingerprint density at radius 1 is 1.18 bits per heavy atom. The first-order chi connectivity index (χ1) is 16.3. The number of nitrogens with zero attached hydrogens (tertiary/aromatic N) is 2. The zero-order chi connectivity index (χ0) is 24.7. The Hall–Kier alpha value is -3.63. The van der Waals surface area contributed by atoms with Gasteiger partial charge in [-0.3, -0.25) is 9.59 Å². The second-order valence-electron chi connectivity index (χ2n) is 7.77. The van der Waals surface area contributed by atoms with Crippen molar-refractivity contribution in [2.75, 3.05) is 6.54 Å². The highest BCUT2D eigenvalue weighted by Gasteiger charge is 2.27. The second kappa shape index (κ2) is 11.5. The van der Waals surface area contributed by atoms with E-state index in [1.54, 1.807) is 24.3 Å². The number of aromatic amines is 1. The van der Waals surface area contributed by atoms with Crippen molar-refractivity contribution in [3.63, 3.8) is 0 Å². The zero-order valence-corrected chi connectivity index (χ0v) is 18.8. The van der Waals surface area contributed by atoms with E-state index in [1.807, 2.05) is 0 Å². The topological polar surface area (TPSA) is 151 Å². The van der Waals surface area contributed by atoms with E-state index < -0.39 is 29.7 Å². The molecule has 34 heavy (non-hydrogen) atoms. The number of Topliss-reactive ketones (excluding diaryl/α,β-unsaturated/α-hetero) is 1. The number of nitrogens with one attached hydrogen (secondary N) is 2. The molecule has 0 fully saturated rings. The maximum Gasteiger partial charge on any atom is 0.326 e. The van der Waals surface area contributed by atoms with Crippen LogP contribution in [0.15, 0.2) is 48.7 Å². The molecule has 3 rings (SSSR count). The quantitative estimate of drug-likeness (QED) is 0.303. The van der Waals surface area contributed by atoms with E-state index >= 15 is 0 Å². The van der Waals surface area contributed by atoms with Crippen LogP contribution in [0.4, 0.5) is 4.39 Å². The number of carboxylic acids is 1. The van der Waals surface area contributed by atoms with Crippen molar-refractivity contribution in [3.8, 4) is 11.1 Å². The molecule has 3 aromatic rings. The molecule has 11 heteroatoms. The maximum atomic E-state index is 14.2. The molecule has 5 N–H and O–H groups in total. The van der Waals surface area contributed by atoms with Crippen molar-refractivity contribution in [1.29, 1.82) is 0 Å². The Morgan fingerprint density at radius 2 is 1.91 bits per heavy atom. The molecular formula is C23H23ClFN5O4. The summed E-state index contributed by atoms with van der Waals surface area (Å²) in [5.41, 5.74) is 7.20. The van der Waals surface area contributed by atoms with Gasteiger partial charge in [0.05, 0.1) is 12.7 Å². The van der Waals surface area contributed by atoms with Crippen LogP contribution < -0.4 is 11.1 Å². The third kappa shape index (κ3) is 6.69. The van der Waals surface area contributed by atoms with Gasteiger partial charge in [-0.25, -0.2) is 9.18 Å². The monoisotopic (exact) mass is 487 g/mol. The highest BCUT2D eigenvalue weighted by molar-refractivity contribution is 6.30. The van der Waals surface area contributed by atoms with Gasteiger partial charge in [0.15, 0.2) is 5.78 Å². The number of aromatic nitrogens is 3. The lowest BCUT2D eigenvalue weighted by Crippen LogP contribution is -2.44. The summed E-state index contributed by atoms with van der Waals surface area (Å²) in [5, 5.41) is 22.1. The minimum atomic E-state index is -1.23. The summed E-state index contributed by atoms with van der Waals surface area (Å²) in [6.07, 6.45) is 1.61. The van der Waals surface area contributed by atoms with E-state index in [0.717, 1.165) is 5.56 Å². The maximum absolute atomic E-state index is 14.2. The fourth-order valence-corrected chi connectivity index (χ4v) is 3.79. The average Bonchev–Trinajstić information content (AvgIpc) is 3.36. The number of hydrogen-bond acceptors (Lipinski definition) is 6. The number of H-pyrrole nitrogens is 1. The molecule has 0 radical (unpaired) electrons. The Kier molecular flexibility index (Phi) is 8.44. The first kappa shape index (κ1) is 25.0. The molecule has 0 aliphatic rings. The predicted molar refractivity (Wildman–Crippen MR) is 123 cm³/mol. The SMILES string of the molecule is NCC(=O)N[C@H](C[C@H](CC(=O)c1cn[nH]n1)Cc1ccc(-c2cc(Cl)ccc2F)cc1)C(=O)O. The fraction of sp³-hybridized carbons (Fsp3) is 0.261. The number of rotatable bonds is 11. The first-order valence-electron chi connectivity index (χ1n) is 10.4. The number of amides is 1. The largest absolute Gasteiger partial charge is 0.480 e. The van der Waals surface area contributed by atoms with E-state index in [0.29, 0.717) is 22.6 Å². The number of hydrogen-bond donors (Lipinski definition) is 4. The minimum Gasteiger partial charge on any atom is -0.480 e. The van der Waals surface area contributed by atoms with Gasteiger partial charge in [0.1, 0.15) is 17.6 Å². The van der Waals surface area contributed by atoms with Crippen LogP contribution in [-0.2, 0) is 16.0 Å². The van der Waals surface area contributed by atoms with Crippen LogP contribution in [0, 0.1) is 11.7 Å². The van der Waals surface area contributed by atoms with Crippen molar-refractivity contribution in [1.82, 2.24) is 20.7 Å². The molecule has 0 spiro atoms. The smallest absolute Gasteiger partial charge is 0.326 e. The van der Waals surface area contributed by atoms with E-state index in [2.05, 4.69) is 20.7 Å². The number of carboxylic acid groups (broad SMARTS) is 1. The van der Waals surface area contributed by atoms with Gasteiger partial charge in [-0.1, -0.05) is 35.9 Å². The van der Waals surface area contributed by atoms with Crippen molar-refractivity contribution < 1.29 is 23.9 Å².